The first-order chi connectivity index (χ1) is 61.8. The van der Waals surface area contributed by atoms with Crippen LogP contribution in [0.5, 0.6) is 40.2 Å². The van der Waals surface area contributed by atoms with E-state index in [1.807, 2.05) is 12.1 Å². The van der Waals surface area contributed by atoms with E-state index in [4.69, 9.17) is 0 Å². The van der Waals surface area contributed by atoms with Gasteiger partial charge in [-0.25, -0.2) is 0 Å². The molecule has 0 amide bonds. The molecule has 0 bridgehead atoms. The lowest BCUT2D eigenvalue weighted by Gasteiger charge is -2.37. The van der Waals surface area contributed by atoms with Crippen LogP contribution in [-0.2, 0) is 16.2 Å². The minimum atomic E-state index is -5.11. The van der Waals surface area contributed by atoms with E-state index in [1.54, 1.807) is 36.4 Å². The van der Waals surface area contributed by atoms with E-state index in [0.717, 1.165) is 155 Å². The fraction of sp³-hybridized carbons (Fsp3) is 0.0667. The summed E-state index contributed by atoms with van der Waals surface area (Å²) in [4.78, 5) is 3.81. The number of halogens is 28. The number of ether oxygens (including phenoxy) is 6. The Labute approximate surface area is 744 Å². The Kier molecular flexibility index (Phi) is 33.2. The highest BCUT2D eigenvalue weighted by atomic mass is 79.9. The van der Waals surface area contributed by atoms with Crippen LogP contribution in [0.4, 0.5) is 119 Å². The summed E-state index contributed by atoms with van der Waals surface area (Å²) in [5, 5.41) is 28.0. The largest absolute Gasteiger partial charge is 0.508 e. The van der Waals surface area contributed by atoms with E-state index in [9.17, 15) is 94.2 Å². The van der Waals surface area contributed by atoms with Gasteiger partial charge >= 0.3 is 98.2 Å². The summed E-state index contributed by atoms with van der Waals surface area (Å²) in [5.41, 5.74) is -12.2. The van der Waals surface area contributed by atoms with Crippen molar-refractivity contribution in [1.82, 2.24) is 0 Å². The lowest BCUT2D eigenvalue weighted by atomic mass is 9.68. The zero-order chi connectivity index (χ0) is 95.7. The molecular weight excluding hydrogens is 1920 g/mol. The Bertz CT molecular complexity index is 5620. The number of hydrogen-bond donors (Lipinski definition) is 3. The molecule has 0 aromatic heterocycles. The molecule has 682 valence electrons. The van der Waals surface area contributed by atoms with Crippen LogP contribution in [0.15, 0.2) is 398 Å². The van der Waals surface area contributed by atoms with Gasteiger partial charge in [0.15, 0.2) is 0 Å². The molecule has 9 nitrogen and oxygen atoms in total. The molecule has 0 saturated carbocycles. The van der Waals surface area contributed by atoms with Crippen molar-refractivity contribution in [1.29, 1.82) is 0 Å². The molecule has 0 aliphatic heterocycles. The van der Waals surface area contributed by atoms with Crippen LogP contribution in [0, 0.1) is 0 Å². The van der Waals surface area contributed by atoms with E-state index in [0.29, 0.717) is 24.5 Å². The van der Waals surface area contributed by atoms with Gasteiger partial charge in [-0.05, 0) is 225 Å². The predicted molar refractivity (Wildman–Crippen MR) is 433 cm³/mol. The third-order valence-corrected chi connectivity index (χ3v) is 22.1. The number of phenols is 1. The van der Waals surface area contributed by atoms with E-state index in [1.165, 1.54) is 132 Å². The maximum atomic E-state index is 15.4. The second kappa shape index (κ2) is 43.4. The monoisotopic (exact) mass is 1970 g/mol. The molecule has 41 heteroatoms. The summed E-state index contributed by atoms with van der Waals surface area (Å²) in [6.07, 6.45) is -31.8. The Balaban J connectivity index is 0.000000204. The summed E-state index contributed by atoms with van der Waals surface area (Å²) in [5.74, 6) is -3.02. The lowest BCUT2D eigenvalue weighted by molar-refractivity contribution is -0.167. The van der Waals surface area contributed by atoms with Crippen LogP contribution >= 0.6 is 51.2 Å². The van der Waals surface area contributed by atoms with Crippen molar-refractivity contribution in [3.8, 4) is 40.2 Å². The molecule has 131 heavy (non-hydrogen) atoms. The second-order valence-corrected chi connectivity index (χ2v) is 30.8. The Morgan fingerprint density at radius 3 is 0.519 bits per heavy atom. The van der Waals surface area contributed by atoms with Crippen LogP contribution in [0.25, 0.3) is 0 Å². The fourth-order valence-electron chi connectivity index (χ4n) is 12.9. The molecule has 12 aromatic rings. The van der Waals surface area contributed by atoms with E-state index < -0.39 is 182 Å². The molecule has 3 N–H and O–H groups in total. The number of benzene rings is 12. The van der Waals surface area contributed by atoms with Crippen molar-refractivity contribution >= 4 is 63.8 Å². The number of phenolic OH excluding ortho intramolecular Hbond substituents is 1. The fourth-order valence-corrected chi connectivity index (χ4v) is 15.6. The molecular formula is C90H51BBrF27O9S3. The van der Waals surface area contributed by atoms with Crippen molar-refractivity contribution in [2.75, 3.05) is 0 Å². The average Bonchev–Trinajstić information content (AvgIpc) is 0.733. The van der Waals surface area contributed by atoms with Gasteiger partial charge in [-0.2, -0.15) is 119 Å². The Morgan fingerprint density at radius 1 is 0.221 bits per heavy atom. The molecule has 0 spiro atoms. The Morgan fingerprint density at radius 2 is 0.366 bits per heavy atom. The molecule has 0 aliphatic rings. The Hall–Kier alpha value is -12.7. The third kappa shape index (κ3) is 24.5. The van der Waals surface area contributed by atoms with Gasteiger partial charge in [0.2, 0.25) is 0 Å². The number of alkyl halides is 9. The van der Waals surface area contributed by atoms with Gasteiger partial charge in [-0.3, -0.25) is 0 Å². The molecule has 0 saturated heterocycles. The SMILES string of the molecule is FC(F)=C(F)Oc1ccc(C(c2ccc(OC(F)=C(F)F)cc2)(c2ccc(Sc3ccc(Br)cc3)cc2)C(F)(F)F)cc1.OB(O)c1ccc(Sc2ccc(C(c3ccc(OC(F)=C(F)F)cc3)(c3ccc(OC(F)=C(F)F)cc3)C(F)(F)F)cc2)cc1.Oc1ccc(Sc2ccc(C(c3ccc(OC(F)=C(F)F)cc3)(c3ccc(OC(F)=C(F)F)cc3)C(F)(F)F)cc2)cc1. The molecule has 12 rings (SSSR count). The average molecular weight is 1980 g/mol. The van der Waals surface area contributed by atoms with E-state index >= 15 is 39.5 Å². The van der Waals surface area contributed by atoms with Crippen LogP contribution < -0.4 is 33.9 Å². The highest BCUT2D eigenvalue weighted by Crippen LogP contribution is 2.56. The number of rotatable bonds is 28. The van der Waals surface area contributed by atoms with Crippen molar-refractivity contribution in [3.05, 3.63) is 418 Å². The smallest absolute Gasteiger partial charge is 0.488 e. The van der Waals surface area contributed by atoms with Crippen LogP contribution in [0.1, 0.15) is 50.1 Å². The first-order valence-corrected chi connectivity index (χ1v) is 39.6. The zero-order valence-corrected chi connectivity index (χ0v) is 68.9. The normalized spacial score (nSPS) is 11.6. The highest BCUT2D eigenvalue weighted by molar-refractivity contribution is 9.10. The minimum absolute atomic E-state index is 0.0321. The topological polar surface area (TPSA) is 116 Å². The van der Waals surface area contributed by atoms with Crippen molar-refractivity contribution in [2.45, 2.75) is 64.1 Å². The van der Waals surface area contributed by atoms with Crippen molar-refractivity contribution in [2.24, 2.45) is 0 Å². The molecule has 0 atom stereocenters. The number of aromatic hydroxyl groups is 1. The van der Waals surface area contributed by atoms with Crippen LogP contribution in [0.2, 0.25) is 0 Å². The molecule has 0 unspecified atom stereocenters. The zero-order valence-electron chi connectivity index (χ0n) is 64.9. The van der Waals surface area contributed by atoms with Gasteiger partial charge in [-0.15, -0.1) is 0 Å². The molecule has 0 radical (unpaired) electrons. The minimum Gasteiger partial charge on any atom is -0.508 e. The van der Waals surface area contributed by atoms with Crippen molar-refractivity contribution in [3.63, 3.8) is 0 Å². The van der Waals surface area contributed by atoms with Gasteiger partial charge in [0, 0.05) is 33.8 Å². The summed E-state index contributed by atoms with van der Waals surface area (Å²) in [6, 6.07) is 43.5. The summed E-state index contributed by atoms with van der Waals surface area (Å²) in [6.45, 7) is 0. The van der Waals surface area contributed by atoms with E-state index in [-0.39, 0.29) is 27.9 Å². The summed E-state index contributed by atoms with van der Waals surface area (Å²) in [7, 11) is -1.68. The first kappa shape index (κ1) is 100. The lowest BCUT2D eigenvalue weighted by Crippen LogP contribution is -2.44. The highest BCUT2D eigenvalue weighted by Gasteiger charge is 2.61. The predicted octanol–water partition coefficient (Wildman–Crippen LogP) is 29.8. The maximum Gasteiger partial charge on any atom is 0.488 e. The van der Waals surface area contributed by atoms with Crippen molar-refractivity contribution < 1.29 is 162 Å². The van der Waals surface area contributed by atoms with E-state index in [2.05, 4.69) is 44.4 Å². The van der Waals surface area contributed by atoms with Gasteiger partial charge in [0.25, 0.3) is 0 Å². The molecule has 12 aromatic carbocycles. The van der Waals surface area contributed by atoms with Gasteiger partial charge < -0.3 is 43.6 Å². The quantitative estimate of drug-likeness (QED) is 0.0188. The van der Waals surface area contributed by atoms with Gasteiger partial charge in [-0.1, -0.05) is 173 Å². The third-order valence-electron chi connectivity index (χ3n) is 18.5. The number of hydrogen-bond acceptors (Lipinski definition) is 12. The molecule has 0 heterocycles. The van der Waals surface area contributed by atoms with Gasteiger partial charge in [0.05, 0.1) is 0 Å². The van der Waals surface area contributed by atoms with Crippen LogP contribution in [0.3, 0.4) is 0 Å². The standard InChI is InChI=1S/C30H18BF9O4S.C30H16BrF9O2S.C30H17F9O3S/c32-25(33)27(36)43-21-9-1-17(2-10-21)29(30(38,39)40,18-3-11-22(12-4-18)44-28(37)26(34)35)19-5-13-23(14-6-19)45-24-15-7-20(8-16-24)31(41)42;31-20-7-15-24(16-8-20)43-23-13-5-19(6-14-23)29(30(38,39)40,17-1-9-21(10-2-17)41-27(36)25(32)33)18-3-11-22(12-4-18)42-28(37)26(34)35;31-25(32)27(35)41-21-9-1-17(2-10-21)29(30(37,38)39,18-3-11-22(12-4-18)42-28(36)26(33)34)19-5-13-23(14-6-19)43-24-15-7-20(40)8-16-24/h1-16,41-42H;1-16H;1-16,40H. The second-order valence-electron chi connectivity index (χ2n) is 26.5. The van der Waals surface area contributed by atoms with Crippen LogP contribution in [-0.4, -0.2) is 40.8 Å². The summed E-state index contributed by atoms with van der Waals surface area (Å²) < 4.78 is 395. The molecule has 0 aliphatic carbocycles. The summed E-state index contributed by atoms with van der Waals surface area (Å²) >= 11 is 7.00. The maximum absolute atomic E-state index is 15.4. The molecule has 0 fully saturated rings. The van der Waals surface area contributed by atoms with Gasteiger partial charge in [0.1, 0.15) is 56.5 Å². The first-order valence-electron chi connectivity index (χ1n) is 36.4.